The van der Waals surface area contributed by atoms with Crippen molar-refractivity contribution in [1.29, 1.82) is 0 Å². The van der Waals surface area contributed by atoms with Gasteiger partial charge in [0.15, 0.2) is 5.82 Å². The van der Waals surface area contributed by atoms with Gasteiger partial charge in [-0.05, 0) is 38.2 Å². The molecular weight excluding hydrogens is 284 g/mol. The van der Waals surface area contributed by atoms with Gasteiger partial charge in [-0.1, -0.05) is 26.1 Å². The van der Waals surface area contributed by atoms with Crippen molar-refractivity contribution in [3.05, 3.63) is 16.8 Å². The van der Waals surface area contributed by atoms with Crippen LogP contribution in [0, 0.1) is 0 Å². The molecule has 1 atom stereocenters. The number of rotatable bonds is 5. The van der Waals surface area contributed by atoms with Crippen molar-refractivity contribution in [3.63, 3.8) is 0 Å². The van der Waals surface area contributed by atoms with Gasteiger partial charge in [0.05, 0.1) is 23.4 Å². The van der Waals surface area contributed by atoms with Crippen LogP contribution in [0.15, 0.2) is 0 Å². The van der Waals surface area contributed by atoms with Crippen LogP contribution in [0.2, 0.25) is 0 Å². The molecule has 1 saturated heterocycles. The molecular formula is C15H24N4OS. The van der Waals surface area contributed by atoms with E-state index in [4.69, 9.17) is 22.7 Å². The highest BCUT2D eigenvalue weighted by Crippen LogP contribution is 2.27. The Hall–Kier alpha value is -1.27. The second-order valence-electron chi connectivity index (χ2n) is 5.76. The Morgan fingerprint density at radius 2 is 2.14 bits per heavy atom. The Morgan fingerprint density at radius 1 is 1.38 bits per heavy atom. The lowest BCUT2D eigenvalue weighted by atomic mass is 9.94. The molecule has 3 N–H and O–H groups in total. The highest BCUT2D eigenvalue weighted by Gasteiger charge is 2.30. The van der Waals surface area contributed by atoms with E-state index in [2.05, 4.69) is 36.3 Å². The summed E-state index contributed by atoms with van der Waals surface area (Å²) in [4.78, 5) is 0.374. The van der Waals surface area contributed by atoms with Gasteiger partial charge in [-0.15, -0.1) is 5.10 Å². The lowest BCUT2D eigenvalue weighted by Crippen LogP contribution is -2.44. The third-order valence-electron chi connectivity index (χ3n) is 3.95. The topological polar surface area (TPSA) is 73.1 Å². The second-order valence-corrected chi connectivity index (χ2v) is 6.20. The monoisotopic (exact) mass is 308 g/mol. The number of ether oxygens (including phenoxy) is 1. The van der Waals surface area contributed by atoms with Gasteiger partial charge < -0.3 is 15.8 Å². The normalized spacial score (nSPS) is 22.0. The standard InChI is InChI=1S/C15H24N4OS/c1-4-10-11(5-2)18-19-14(12(10)13(16)21)17-15(3)7-6-8-20-9-15/h4-9H2,1-3H3,(H2,16,21)(H,17,19). The molecule has 1 fully saturated rings. The lowest BCUT2D eigenvalue weighted by Gasteiger charge is -2.35. The lowest BCUT2D eigenvalue weighted by molar-refractivity contribution is 0.0538. The first-order chi connectivity index (χ1) is 10.0. The van der Waals surface area contributed by atoms with Gasteiger partial charge in [-0.25, -0.2) is 0 Å². The highest BCUT2D eigenvalue weighted by molar-refractivity contribution is 7.80. The Labute approximate surface area is 131 Å². The minimum Gasteiger partial charge on any atom is -0.389 e. The van der Waals surface area contributed by atoms with Crippen LogP contribution in [0.5, 0.6) is 0 Å². The van der Waals surface area contributed by atoms with E-state index in [0.29, 0.717) is 17.4 Å². The van der Waals surface area contributed by atoms with Gasteiger partial charge in [0, 0.05) is 6.61 Å². The summed E-state index contributed by atoms with van der Waals surface area (Å²) in [5.41, 5.74) is 8.71. The molecule has 0 bridgehead atoms. The number of anilines is 1. The number of nitrogens with two attached hydrogens (primary N) is 1. The van der Waals surface area contributed by atoms with E-state index in [9.17, 15) is 0 Å². The van der Waals surface area contributed by atoms with Gasteiger partial charge in [-0.2, -0.15) is 5.10 Å². The minimum atomic E-state index is -0.148. The molecule has 0 spiro atoms. The van der Waals surface area contributed by atoms with E-state index in [1.165, 1.54) is 0 Å². The Morgan fingerprint density at radius 3 is 2.67 bits per heavy atom. The molecule has 116 valence electrons. The number of aryl methyl sites for hydroxylation is 1. The first-order valence-electron chi connectivity index (χ1n) is 7.55. The molecule has 0 aliphatic carbocycles. The summed E-state index contributed by atoms with van der Waals surface area (Å²) in [5.74, 6) is 0.685. The van der Waals surface area contributed by atoms with Crippen LogP contribution >= 0.6 is 12.2 Å². The molecule has 21 heavy (non-hydrogen) atoms. The minimum absolute atomic E-state index is 0.148. The average Bonchev–Trinajstić information content (AvgIpc) is 2.46. The summed E-state index contributed by atoms with van der Waals surface area (Å²) in [6, 6.07) is 0. The third kappa shape index (κ3) is 3.49. The molecule has 1 aliphatic heterocycles. The Balaban J connectivity index is 2.41. The fraction of sp³-hybridized carbons (Fsp3) is 0.667. The number of thiocarbonyl (C=S) groups is 1. The first kappa shape index (κ1) is 16.1. The summed E-state index contributed by atoms with van der Waals surface area (Å²) in [6.07, 6.45) is 3.73. The summed E-state index contributed by atoms with van der Waals surface area (Å²) >= 11 is 5.25. The predicted molar refractivity (Wildman–Crippen MR) is 88.8 cm³/mol. The largest absolute Gasteiger partial charge is 0.389 e. The third-order valence-corrected chi connectivity index (χ3v) is 4.15. The van der Waals surface area contributed by atoms with E-state index in [1.807, 2.05) is 0 Å². The van der Waals surface area contributed by atoms with Crippen LogP contribution < -0.4 is 11.1 Å². The molecule has 6 heteroatoms. The molecule has 0 radical (unpaired) electrons. The zero-order chi connectivity index (χ0) is 15.5. The molecule has 1 aromatic rings. The number of aromatic nitrogens is 2. The van der Waals surface area contributed by atoms with Crippen LogP contribution in [-0.4, -0.2) is 33.9 Å². The van der Waals surface area contributed by atoms with Gasteiger partial charge in [-0.3, -0.25) is 0 Å². The predicted octanol–water partition coefficient (Wildman–Crippen LogP) is 2.22. The zero-order valence-electron chi connectivity index (χ0n) is 13.0. The second kappa shape index (κ2) is 6.66. The van der Waals surface area contributed by atoms with Crippen LogP contribution in [-0.2, 0) is 17.6 Å². The number of nitrogens with zero attached hydrogens (tertiary/aromatic N) is 2. The fourth-order valence-corrected chi connectivity index (χ4v) is 3.06. The molecule has 1 aliphatic rings. The van der Waals surface area contributed by atoms with Crippen LogP contribution in [0.25, 0.3) is 0 Å². The van der Waals surface area contributed by atoms with Gasteiger partial charge in [0.25, 0.3) is 0 Å². The van der Waals surface area contributed by atoms with E-state index in [0.717, 1.165) is 49.1 Å². The molecule has 1 unspecified atom stereocenters. The molecule has 0 amide bonds. The molecule has 0 aromatic carbocycles. The average molecular weight is 308 g/mol. The van der Waals surface area contributed by atoms with Crippen molar-refractivity contribution >= 4 is 23.0 Å². The van der Waals surface area contributed by atoms with E-state index >= 15 is 0 Å². The van der Waals surface area contributed by atoms with Crippen LogP contribution in [0.3, 0.4) is 0 Å². The van der Waals surface area contributed by atoms with Crippen molar-refractivity contribution < 1.29 is 4.74 Å². The van der Waals surface area contributed by atoms with Crippen molar-refractivity contribution in [2.45, 2.75) is 52.0 Å². The smallest absolute Gasteiger partial charge is 0.159 e. The molecule has 2 heterocycles. The Bertz CT molecular complexity index is 527. The molecule has 2 rings (SSSR count). The van der Waals surface area contributed by atoms with Crippen molar-refractivity contribution in [1.82, 2.24) is 10.2 Å². The summed E-state index contributed by atoms with van der Waals surface area (Å²) in [5, 5.41) is 12.1. The maximum absolute atomic E-state index is 5.96. The van der Waals surface area contributed by atoms with E-state index in [1.54, 1.807) is 0 Å². The highest BCUT2D eigenvalue weighted by atomic mass is 32.1. The SMILES string of the molecule is CCc1nnc(NC2(C)CCCOC2)c(C(N)=S)c1CC. The quantitative estimate of drug-likeness (QED) is 0.813. The van der Waals surface area contributed by atoms with Crippen LogP contribution in [0.1, 0.15) is 50.4 Å². The van der Waals surface area contributed by atoms with Gasteiger partial charge in [0.2, 0.25) is 0 Å². The molecule has 1 aromatic heterocycles. The van der Waals surface area contributed by atoms with Gasteiger partial charge in [0.1, 0.15) is 4.99 Å². The zero-order valence-corrected chi connectivity index (χ0v) is 13.8. The first-order valence-corrected chi connectivity index (χ1v) is 7.95. The van der Waals surface area contributed by atoms with Crippen molar-refractivity contribution in [2.24, 2.45) is 5.73 Å². The number of hydrogen-bond acceptors (Lipinski definition) is 5. The maximum Gasteiger partial charge on any atom is 0.159 e. The fourth-order valence-electron chi connectivity index (χ4n) is 2.84. The summed E-state index contributed by atoms with van der Waals surface area (Å²) in [6.45, 7) is 7.77. The number of hydrogen-bond donors (Lipinski definition) is 2. The molecule has 5 nitrogen and oxygen atoms in total. The summed E-state index contributed by atoms with van der Waals surface area (Å²) < 4.78 is 5.58. The molecule has 0 saturated carbocycles. The summed E-state index contributed by atoms with van der Waals surface area (Å²) in [7, 11) is 0. The van der Waals surface area contributed by atoms with E-state index in [-0.39, 0.29) is 5.54 Å². The number of nitrogens with one attached hydrogen (secondary N) is 1. The van der Waals surface area contributed by atoms with Crippen molar-refractivity contribution in [3.8, 4) is 0 Å². The van der Waals surface area contributed by atoms with E-state index < -0.39 is 0 Å². The van der Waals surface area contributed by atoms with Crippen LogP contribution in [0.4, 0.5) is 5.82 Å². The van der Waals surface area contributed by atoms with Gasteiger partial charge >= 0.3 is 0 Å². The Kier molecular flexibility index (Phi) is 5.11. The van der Waals surface area contributed by atoms with Crippen molar-refractivity contribution in [2.75, 3.05) is 18.5 Å². The maximum atomic E-state index is 5.96.